The molecule has 2 saturated carbocycles. The van der Waals surface area contributed by atoms with Crippen molar-refractivity contribution in [1.29, 1.82) is 0 Å². The van der Waals surface area contributed by atoms with Crippen molar-refractivity contribution in [2.45, 2.75) is 57.0 Å². The number of benzene rings is 1. The molecule has 0 aliphatic heterocycles. The van der Waals surface area contributed by atoms with Crippen LogP contribution in [0.15, 0.2) is 29.8 Å². The van der Waals surface area contributed by atoms with Gasteiger partial charge in [0.15, 0.2) is 11.5 Å². The van der Waals surface area contributed by atoms with E-state index >= 15 is 0 Å². The Kier molecular flexibility index (Phi) is 4.89. The summed E-state index contributed by atoms with van der Waals surface area (Å²) in [5.41, 5.74) is 2.24. The molecule has 4 heteroatoms. The monoisotopic (exact) mass is 316 g/mol. The average molecular weight is 316 g/mol. The van der Waals surface area contributed by atoms with Crippen LogP contribution in [0.2, 0.25) is 0 Å². The zero-order valence-electron chi connectivity index (χ0n) is 13.6. The normalized spacial score (nSPS) is 23.3. The summed E-state index contributed by atoms with van der Waals surface area (Å²) in [5.74, 6) is 1.13. The van der Waals surface area contributed by atoms with E-state index in [1.54, 1.807) is 7.11 Å². The number of methoxy groups -OCH3 is 1. The summed E-state index contributed by atoms with van der Waals surface area (Å²) in [6.07, 6.45) is 9.03. The molecule has 0 radical (unpaired) electrons. The number of allylic oxidation sites excluding steroid dienone is 1. The van der Waals surface area contributed by atoms with Crippen molar-refractivity contribution in [3.8, 4) is 11.5 Å². The van der Waals surface area contributed by atoms with Crippen LogP contribution in [-0.4, -0.2) is 24.3 Å². The van der Waals surface area contributed by atoms with Gasteiger partial charge < -0.3 is 14.6 Å². The van der Waals surface area contributed by atoms with Crippen LogP contribution >= 0.6 is 0 Å². The molecule has 1 unspecified atom stereocenters. The molecule has 2 aliphatic carbocycles. The quantitative estimate of drug-likeness (QED) is 0.823. The standard InChI is InChI=1S/C19H24O4/c1-22-17-9-8-15(12-18(17)23-16-4-2-3-5-16)14-7-6-13(10-14)11-19(20)21/h8-9,11-12,14,16H,2-7,10H2,1H3,(H,20,21). The Balaban J connectivity index is 1.76. The maximum Gasteiger partial charge on any atom is 0.328 e. The molecule has 2 fully saturated rings. The highest BCUT2D eigenvalue weighted by Gasteiger charge is 2.24. The fraction of sp³-hybridized carbons (Fsp3) is 0.526. The number of carboxylic acid groups (broad SMARTS) is 1. The molecule has 0 amide bonds. The molecular formula is C19H24O4. The topological polar surface area (TPSA) is 55.8 Å². The van der Waals surface area contributed by atoms with Crippen molar-refractivity contribution in [2.75, 3.05) is 7.11 Å². The van der Waals surface area contributed by atoms with Gasteiger partial charge >= 0.3 is 5.97 Å². The van der Waals surface area contributed by atoms with Crippen molar-refractivity contribution < 1.29 is 19.4 Å². The predicted molar refractivity (Wildman–Crippen MR) is 88.2 cm³/mol. The van der Waals surface area contributed by atoms with E-state index in [-0.39, 0.29) is 0 Å². The number of rotatable bonds is 5. The molecule has 0 aromatic heterocycles. The van der Waals surface area contributed by atoms with Crippen LogP contribution in [0, 0.1) is 0 Å². The Morgan fingerprint density at radius 1 is 1.22 bits per heavy atom. The van der Waals surface area contributed by atoms with Gasteiger partial charge in [-0.3, -0.25) is 0 Å². The van der Waals surface area contributed by atoms with Gasteiger partial charge in [0.2, 0.25) is 0 Å². The van der Waals surface area contributed by atoms with E-state index < -0.39 is 5.97 Å². The first-order valence-electron chi connectivity index (χ1n) is 8.42. The molecule has 3 rings (SSSR count). The summed E-state index contributed by atoms with van der Waals surface area (Å²) in [4.78, 5) is 10.8. The molecular weight excluding hydrogens is 292 g/mol. The minimum Gasteiger partial charge on any atom is -0.493 e. The van der Waals surface area contributed by atoms with E-state index in [2.05, 4.69) is 12.1 Å². The number of aliphatic carboxylic acids is 1. The van der Waals surface area contributed by atoms with Crippen LogP contribution in [-0.2, 0) is 4.79 Å². The van der Waals surface area contributed by atoms with E-state index in [9.17, 15) is 4.79 Å². The molecule has 0 saturated heterocycles. The van der Waals surface area contributed by atoms with Gasteiger partial charge in [-0.05, 0) is 68.6 Å². The molecule has 124 valence electrons. The maximum absolute atomic E-state index is 10.8. The van der Waals surface area contributed by atoms with Crippen molar-refractivity contribution in [1.82, 2.24) is 0 Å². The average Bonchev–Trinajstić information content (AvgIpc) is 3.18. The number of carboxylic acids is 1. The summed E-state index contributed by atoms with van der Waals surface area (Å²) in [6.45, 7) is 0. The van der Waals surface area contributed by atoms with Gasteiger partial charge in [0.05, 0.1) is 13.2 Å². The molecule has 23 heavy (non-hydrogen) atoms. The molecule has 1 N–H and O–H groups in total. The minimum atomic E-state index is -0.847. The fourth-order valence-corrected chi connectivity index (χ4v) is 3.70. The van der Waals surface area contributed by atoms with Crippen LogP contribution in [0.4, 0.5) is 0 Å². The highest BCUT2D eigenvalue weighted by Crippen LogP contribution is 2.41. The molecule has 2 aliphatic rings. The van der Waals surface area contributed by atoms with Gasteiger partial charge in [-0.25, -0.2) is 4.79 Å². The second kappa shape index (κ2) is 7.07. The lowest BCUT2D eigenvalue weighted by molar-refractivity contribution is -0.131. The first kappa shape index (κ1) is 15.9. The van der Waals surface area contributed by atoms with E-state index in [1.807, 2.05) is 6.07 Å². The van der Waals surface area contributed by atoms with E-state index in [0.29, 0.717) is 12.0 Å². The lowest BCUT2D eigenvalue weighted by Crippen LogP contribution is -2.12. The molecule has 0 bridgehead atoms. The van der Waals surface area contributed by atoms with Gasteiger partial charge in [0, 0.05) is 6.08 Å². The van der Waals surface area contributed by atoms with Crippen molar-refractivity contribution in [3.05, 3.63) is 35.4 Å². The highest BCUT2D eigenvalue weighted by molar-refractivity contribution is 5.80. The SMILES string of the molecule is COc1ccc(C2CCC(=CC(=O)O)C2)cc1OC1CCCC1. The van der Waals surface area contributed by atoms with Gasteiger partial charge in [0.25, 0.3) is 0 Å². The summed E-state index contributed by atoms with van der Waals surface area (Å²) >= 11 is 0. The number of hydrogen-bond acceptors (Lipinski definition) is 3. The number of ether oxygens (including phenoxy) is 2. The van der Waals surface area contributed by atoms with Crippen LogP contribution in [0.5, 0.6) is 11.5 Å². The predicted octanol–water partition coefficient (Wildman–Crippen LogP) is 4.30. The number of carbonyl (C=O) groups is 1. The van der Waals surface area contributed by atoms with E-state index in [0.717, 1.165) is 49.2 Å². The van der Waals surface area contributed by atoms with Crippen LogP contribution < -0.4 is 9.47 Å². The Labute approximate surface area is 137 Å². The Morgan fingerprint density at radius 2 is 2.00 bits per heavy atom. The summed E-state index contributed by atoms with van der Waals surface area (Å²) in [5, 5.41) is 8.89. The third-order valence-corrected chi connectivity index (χ3v) is 4.91. The second-order valence-corrected chi connectivity index (χ2v) is 6.52. The molecule has 0 heterocycles. The van der Waals surface area contributed by atoms with E-state index in [4.69, 9.17) is 14.6 Å². The second-order valence-electron chi connectivity index (χ2n) is 6.52. The van der Waals surface area contributed by atoms with Gasteiger partial charge in [-0.2, -0.15) is 0 Å². The smallest absolute Gasteiger partial charge is 0.328 e. The molecule has 1 atom stereocenters. The zero-order chi connectivity index (χ0) is 16.2. The number of hydrogen-bond donors (Lipinski definition) is 1. The Morgan fingerprint density at radius 3 is 2.70 bits per heavy atom. The van der Waals surface area contributed by atoms with Gasteiger partial charge in [-0.15, -0.1) is 0 Å². The highest BCUT2D eigenvalue weighted by atomic mass is 16.5. The van der Waals surface area contributed by atoms with Crippen LogP contribution in [0.1, 0.15) is 56.4 Å². The first-order valence-corrected chi connectivity index (χ1v) is 8.42. The molecule has 4 nitrogen and oxygen atoms in total. The van der Waals surface area contributed by atoms with Crippen LogP contribution in [0.3, 0.4) is 0 Å². The van der Waals surface area contributed by atoms with Crippen molar-refractivity contribution in [3.63, 3.8) is 0 Å². The summed E-state index contributed by atoms with van der Waals surface area (Å²) in [6, 6.07) is 6.14. The van der Waals surface area contributed by atoms with Crippen molar-refractivity contribution >= 4 is 5.97 Å². The third kappa shape index (κ3) is 3.87. The fourth-order valence-electron chi connectivity index (χ4n) is 3.70. The summed E-state index contributed by atoms with van der Waals surface area (Å²) in [7, 11) is 1.67. The lowest BCUT2D eigenvalue weighted by Gasteiger charge is -2.18. The Hall–Kier alpha value is -1.97. The van der Waals surface area contributed by atoms with Gasteiger partial charge in [0.1, 0.15) is 0 Å². The molecule has 1 aromatic rings. The van der Waals surface area contributed by atoms with Crippen LogP contribution in [0.25, 0.3) is 0 Å². The first-order chi connectivity index (χ1) is 11.2. The zero-order valence-corrected chi connectivity index (χ0v) is 13.6. The third-order valence-electron chi connectivity index (χ3n) is 4.91. The molecule has 0 spiro atoms. The van der Waals surface area contributed by atoms with E-state index in [1.165, 1.54) is 24.5 Å². The molecule has 1 aromatic carbocycles. The summed E-state index contributed by atoms with van der Waals surface area (Å²) < 4.78 is 11.6. The van der Waals surface area contributed by atoms with Crippen molar-refractivity contribution in [2.24, 2.45) is 0 Å². The lowest BCUT2D eigenvalue weighted by atomic mass is 9.97. The Bertz CT molecular complexity index is 599. The van der Waals surface area contributed by atoms with Gasteiger partial charge in [-0.1, -0.05) is 11.6 Å². The maximum atomic E-state index is 10.8. The minimum absolute atomic E-state index is 0.296. The largest absolute Gasteiger partial charge is 0.493 e.